The number of ether oxygens (including phenoxy) is 1. The Bertz CT molecular complexity index is 548. The Labute approximate surface area is 105 Å². The van der Waals surface area contributed by atoms with Crippen molar-refractivity contribution in [3.05, 3.63) is 60.2 Å². The molecule has 2 aromatic carbocycles. The van der Waals surface area contributed by atoms with Crippen molar-refractivity contribution in [3.63, 3.8) is 0 Å². The standard InChI is InChI=1S/C15H13NO2/c17-15-16-14(10-18-15)13-8-6-12(7-9-13)11-4-2-1-3-5-11/h1-9,14H,10H2,(H,16,17)/t14-/m1/s1. The van der Waals surface area contributed by atoms with Crippen LogP contribution in [0.25, 0.3) is 11.1 Å². The predicted octanol–water partition coefficient (Wildman–Crippen LogP) is 3.13. The van der Waals surface area contributed by atoms with Crippen LogP contribution in [0, 0.1) is 0 Å². The molecule has 2 aromatic rings. The average molecular weight is 239 g/mol. The van der Waals surface area contributed by atoms with E-state index in [-0.39, 0.29) is 12.1 Å². The van der Waals surface area contributed by atoms with Gasteiger partial charge in [0.15, 0.2) is 0 Å². The lowest BCUT2D eigenvalue weighted by molar-refractivity contribution is 0.177. The third-order valence-corrected chi connectivity index (χ3v) is 3.09. The first-order valence-electron chi connectivity index (χ1n) is 5.91. The van der Waals surface area contributed by atoms with E-state index in [1.807, 2.05) is 30.3 Å². The number of hydrogen-bond acceptors (Lipinski definition) is 2. The Balaban J connectivity index is 1.83. The van der Waals surface area contributed by atoms with Gasteiger partial charge in [-0.15, -0.1) is 0 Å². The molecule has 1 aliphatic rings. The molecule has 0 radical (unpaired) electrons. The van der Waals surface area contributed by atoms with E-state index >= 15 is 0 Å². The number of hydrogen-bond donors (Lipinski definition) is 1. The summed E-state index contributed by atoms with van der Waals surface area (Å²) < 4.78 is 4.88. The summed E-state index contributed by atoms with van der Waals surface area (Å²) in [6.07, 6.45) is -0.341. The Morgan fingerprint density at radius 3 is 2.22 bits per heavy atom. The number of benzene rings is 2. The quantitative estimate of drug-likeness (QED) is 0.874. The summed E-state index contributed by atoms with van der Waals surface area (Å²) in [5, 5.41) is 2.77. The van der Waals surface area contributed by atoms with E-state index in [9.17, 15) is 4.79 Å². The fraction of sp³-hybridized carbons (Fsp3) is 0.133. The maximum Gasteiger partial charge on any atom is 0.407 e. The van der Waals surface area contributed by atoms with Gasteiger partial charge >= 0.3 is 6.09 Å². The van der Waals surface area contributed by atoms with Gasteiger partial charge in [-0.25, -0.2) is 4.79 Å². The molecule has 1 amide bonds. The van der Waals surface area contributed by atoms with Crippen LogP contribution in [0.1, 0.15) is 11.6 Å². The van der Waals surface area contributed by atoms with Crippen molar-refractivity contribution in [3.8, 4) is 11.1 Å². The maximum atomic E-state index is 11.0. The van der Waals surface area contributed by atoms with Gasteiger partial charge in [0.2, 0.25) is 0 Å². The second-order valence-corrected chi connectivity index (χ2v) is 4.28. The fourth-order valence-corrected chi connectivity index (χ4v) is 2.10. The summed E-state index contributed by atoms with van der Waals surface area (Å²) in [4.78, 5) is 11.0. The number of cyclic esters (lactones) is 1. The van der Waals surface area contributed by atoms with Gasteiger partial charge in [-0.2, -0.15) is 0 Å². The Kier molecular flexibility index (Phi) is 2.73. The van der Waals surface area contributed by atoms with Crippen LogP contribution in [-0.2, 0) is 4.74 Å². The van der Waals surface area contributed by atoms with Crippen molar-refractivity contribution in [2.45, 2.75) is 6.04 Å². The lowest BCUT2D eigenvalue weighted by atomic mass is 10.0. The SMILES string of the molecule is O=C1N[C@@H](c2ccc(-c3ccccc3)cc2)CO1. The van der Waals surface area contributed by atoms with Crippen molar-refractivity contribution < 1.29 is 9.53 Å². The summed E-state index contributed by atoms with van der Waals surface area (Å²) in [5.41, 5.74) is 3.43. The van der Waals surface area contributed by atoms with Gasteiger partial charge in [-0.1, -0.05) is 54.6 Å². The Hall–Kier alpha value is -2.29. The Morgan fingerprint density at radius 1 is 0.944 bits per heavy atom. The second kappa shape index (κ2) is 4.53. The molecule has 3 rings (SSSR count). The van der Waals surface area contributed by atoms with Crippen LogP contribution >= 0.6 is 0 Å². The van der Waals surface area contributed by atoms with Gasteiger partial charge in [-0.3, -0.25) is 0 Å². The van der Waals surface area contributed by atoms with E-state index in [0.717, 1.165) is 5.56 Å². The number of alkyl carbamates (subject to hydrolysis) is 1. The van der Waals surface area contributed by atoms with Crippen molar-refractivity contribution in [2.75, 3.05) is 6.61 Å². The van der Waals surface area contributed by atoms with Gasteiger partial charge in [0.05, 0.1) is 6.04 Å². The van der Waals surface area contributed by atoms with E-state index in [1.54, 1.807) is 0 Å². The van der Waals surface area contributed by atoms with E-state index in [2.05, 4.69) is 29.6 Å². The first-order chi connectivity index (χ1) is 8.83. The van der Waals surface area contributed by atoms with E-state index < -0.39 is 0 Å². The smallest absolute Gasteiger partial charge is 0.407 e. The largest absolute Gasteiger partial charge is 0.447 e. The molecule has 1 atom stereocenters. The molecule has 1 fully saturated rings. The molecule has 3 heteroatoms. The predicted molar refractivity (Wildman–Crippen MR) is 69.1 cm³/mol. The van der Waals surface area contributed by atoms with Crippen LogP contribution in [-0.4, -0.2) is 12.7 Å². The van der Waals surface area contributed by atoms with Gasteiger partial charge < -0.3 is 10.1 Å². The van der Waals surface area contributed by atoms with Crippen molar-refractivity contribution in [1.29, 1.82) is 0 Å². The number of rotatable bonds is 2. The van der Waals surface area contributed by atoms with Crippen LogP contribution in [0.2, 0.25) is 0 Å². The molecule has 1 aliphatic heterocycles. The third-order valence-electron chi connectivity index (χ3n) is 3.09. The molecule has 18 heavy (non-hydrogen) atoms. The van der Waals surface area contributed by atoms with Crippen molar-refractivity contribution in [1.82, 2.24) is 5.32 Å². The molecular weight excluding hydrogens is 226 g/mol. The zero-order chi connectivity index (χ0) is 12.4. The molecule has 0 unspecified atom stereocenters. The third kappa shape index (κ3) is 2.07. The molecular formula is C15H13NO2. The average Bonchev–Trinajstić information content (AvgIpc) is 2.87. The minimum atomic E-state index is -0.341. The maximum absolute atomic E-state index is 11.0. The summed E-state index contributed by atoms with van der Waals surface area (Å²) in [6.45, 7) is 0.406. The molecule has 1 saturated heterocycles. The Morgan fingerprint density at radius 2 is 1.61 bits per heavy atom. The highest BCUT2D eigenvalue weighted by Crippen LogP contribution is 2.23. The first-order valence-corrected chi connectivity index (χ1v) is 5.91. The molecule has 0 spiro atoms. The van der Waals surface area contributed by atoms with Crippen molar-refractivity contribution >= 4 is 6.09 Å². The van der Waals surface area contributed by atoms with Crippen LogP contribution in [0.4, 0.5) is 4.79 Å². The minimum Gasteiger partial charge on any atom is -0.447 e. The molecule has 90 valence electrons. The van der Waals surface area contributed by atoms with Gasteiger partial charge in [-0.05, 0) is 16.7 Å². The molecule has 0 saturated carbocycles. The van der Waals surface area contributed by atoms with Crippen LogP contribution in [0.15, 0.2) is 54.6 Å². The zero-order valence-corrected chi connectivity index (χ0v) is 9.80. The van der Waals surface area contributed by atoms with E-state index in [1.165, 1.54) is 11.1 Å². The van der Waals surface area contributed by atoms with Crippen LogP contribution < -0.4 is 5.32 Å². The zero-order valence-electron chi connectivity index (χ0n) is 9.80. The summed E-state index contributed by atoms with van der Waals surface area (Å²) in [6, 6.07) is 18.4. The van der Waals surface area contributed by atoms with E-state index in [0.29, 0.717) is 6.61 Å². The highest BCUT2D eigenvalue weighted by atomic mass is 16.6. The lowest BCUT2D eigenvalue weighted by Crippen LogP contribution is -2.18. The number of carbonyl (C=O) groups is 1. The number of carbonyl (C=O) groups excluding carboxylic acids is 1. The lowest BCUT2D eigenvalue weighted by Gasteiger charge is -2.08. The van der Waals surface area contributed by atoms with Crippen molar-refractivity contribution in [2.24, 2.45) is 0 Å². The topological polar surface area (TPSA) is 38.3 Å². The molecule has 0 aliphatic carbocycles. The number of amides is 1. The summed E-state index contributed by atoms with van der Waals surface area (Å²) >= 11 is 0. The normalized spacial score (nSPS) is 18.2. The van der Waals surface area contributed by atoms with Gasteiger partial charge in [0.1, 0.15) is 6.61 Å². The second-order valence-electron chi connectivity index (χ2n) is 4.28. The highest BCUT2D eigenvalue weighted by molar-refractivity contribution is 5.70. The fourth-order valence-electron chi connectivity index (χ4n) is 2.10. The van der Waals surface area contributed by atoms with Crippen LogP contribution in [0.5, 0.6) is 0 Å². The summed E-state index contributed by atoms with van der Waals surface area (Å²) in [5.74, 6) is 0. The monoisotopic (exact) mass is 239 g/mol. The van der Waals surface area contributed by atoms with Gasteiger partial charge in [0, 0.05) is 0 Å². The summed E-state index contributed by atoms with van der Waals surface area (Å²) in [7, 11) is 0. The van der Waals surface area contributed by atoms with E-state index in [4.69, 9.17) is 4.74 Å². The minimum absolute atomic E-state index is 0.0256. The molecule has 1 heterocycles. The molecule has 3 nitrogen and oxygen atoms in total. The highest BCUT2D eigenvalue weighted by Gasteiger charge is 2.23. The first kappa shape index (κ1) is 10.8. The molecule has 1 N–H and O–H groups in total. The number of nitrogens with one attached hydrogen (secondary N) is 1. The molecule has 0 aromatic heterocycles. The van der Waals surface area contributed by atoms with Crippen LogP contribution in [0.3, 0.4) is 0 Å². The van der Waals surface area contributed by atoms with Gasteiger partial charge in [0.25, 0.3) is 0 Å². The molecule has 0 bridgehead atoms.